The largest absolute Gasteiger partial charge is 0.325 e. The average Bonchev–Trinajstić information content (AvgIpc) is 3.47. The number of carbonyl (C=O) groups is 2. The molecule has 31 heavy (non-hydrogen) atoms. The first-order valence-corrected chi connectivity index (χ1v) is 12.9. The Bertz CT molecular complexity index is 1180. The van der Waals surface area contributed by atoms with E-state index in [-0.39, 0.29) is 28.9 Å². The molecule has 1 aliphatic carbocycles. The van der Waals surface area contributed by atoms with Crippen LogP contribution in [0.25, 0.3) is 0 Å². The zero-order valence-electron chi connectivity index (χ0n) is 17.0. The average molecular weight is 526 g/mol. The van der Waals surface area contributed by atoms with Crippen molar-refractivity contribution in [2.45, 2.75) is 37.5 Å². The fourth-order valence-electron chi connectivity index (χ4n) is 3.75. The number of sulfone groups is 1. The predicted octanol–water partition coefficient (Wildman–Crippen LogP) is 4.51. The molecule has 164 valence electrons. The maximum absolute atomic E-state index is 13.2. The summed E-state index contributed by atoms with van der Waals surface area (Å²) in [6.07, 6.45) is 2.10. The summed E-state index contributed by atoms with van der Waals surface area (Å²) in [4.78, 5) is 26.8. The Kier molecular flexibility index (Phi) is 6.16. The van der Waals surface area contributed by atoms with E-state index in [0.29, 0.717) is 33.8 Å². The van der Waals surface area contributed by atoms with Crippen LogP contribution < -0.4 is 10.2 Å². The molecule has 0 spiro atoms. The van der Waals surface area contributed by atoms with Gasteiger partial charge in [0.15, 0.2) is 9.84 Å². The maximum atomic E-state index is 13.2. The number of fused-ring (bicyclic) bond motifs is 1. The number of amides is 2. The summed E-state index contributed by atoms with van der Waals surface area (Å²) in [7, 11) is -3.80. The van der Waals surface area contributed by atoms with Crippen molar-refractivity contribution in [2.24, 2.45) is 5.92 Å². The minimum atomic E-state index is -3.80. The van der Waals surface area contributed by atoms with Crippen molar-refractivity contribution < 1.29 is 18.0 Å². The number of benzene rings is 2. The summed E-state index contributed by atoms with van der Waals surface area (Å²) < 4.78 is 27.0. The van der Waals surface area contributed by atoms with E-state index in [0.717, 1.165) is 24.0 Å². The molecule has 1 saturated carbocycles. The number of hydrogen-bond donors (Lipinski definition) is 1. The van der Waals surface area contributed by atoms with Gasteiger partial charge in [0.2, 0.25) is 11.8 Å². The minimum Gasteiger partial charge on any atom is -0.325 e. The molecule has 9 heteroatoms. The molecule has 0 bridgehead atoms. The Morgan fingerprint density at radius 3 is 2.65 bits per heavy atom. The molecule has 1 heterocycles. The lowest BCUT2D eigenvalue weighted by atomic mass is 10.2. The van der Waals surface area contributed by atoms with Crippen LogP contribution in [0.2, 0.25) is 5.02 Å². The molecule has 0 radical (unpaired) electrons. The standard InChI is InChI=1S/C22H22BrClN2O4S/c1-13-2-5-18(17(24)10-13)25-20(27)7-9-31(29,30)19-12-16(23)11-15-6-8-26(21(15)19)22(28)14-3-4-14/h2,5,10-12,14H,3-4,6-9H2,1H3,(H,25,27). The van der Waals surface area contributed by atoms with Crippen molar-refractivity contribution in [1.29, 1.82) is 0 Å². The summed E-state index contributed by atoms with van der Waals surface area (Å²) in [5, 5.41) is 3.06. The van der Waals surface area contributed by atoms with Gasteiger partial charge in [0.1, 0.15) is 0 Å². The molecule has 1 N–H and O–H groups in total. The van der Waals surface area contributed by atoms with Crippen LogP contribution in [0.1, 0.15) is 30.4 Å². The summed E-state index contributed by atoms with van der Waals surface area (Å²) in [6.45, 7) is 2.37. The van der Waals surface area contributed by atoms with E-state index in [2.05, 4.69) is 21.2 Å². The molecular weight excluding hydrogens is 504 g/mol. The normalized spacial score (nSPS) is 15.6. The molecular formula is C22H22BrClN2O4S. The number of halogens is 2. The Hall–Kier alpha value is -1.90. The van der Waals surface area contributed by atoms with Gasteiger partial charge in [-0.1, -0.05) is 33.6 Å². The first-order valence-electron chi connectivity index (χ1n) is 10.1. The van der Waals surface area contributed by atoms with E-state index in [9.17, 15) is 18.0 Å². The molecule has 1 aliphatic heterocycles. The Balaban J connectivity index is 1.54. The van der Waals surface area contributed by atoms with Gasteiger partial charge in [-0.05, 0) is 61.6 Å². The molecule has 2 aromatic carbocycles. The second-order valence-electron chi connectivity index (χ2n) is 8.03. The quantitative estimate of drug-likeness (QED) is 0.601. The number of nitrogens with zero attached hydrogens (tertiary/aromatic N) is 1. The number of aryl methyl sites for hydroxylation is 1. The fraction of sp³-hybridized carbons (Fsp3) is 0.364. The Morgan fingerprint density at radius 1 is 1.23 bits per heavy atom. The van der Waals surface area contributed by atoms with E-state index >= 15 is 0 Å². The fourth-order valence-corrected chi connectivity index (χ4v) is 6.20. The summed E-state index contributed by atoms with van der Waals surface area (Å²) in [5.41, 5.74) is 2.71. The number of hydrogen-bond acceptors (Lipinski definition) is 4. The molecule has 1 fully saturated rings. The zero-order valence-corrected chi connectivity index (χ0v) is 20.1. The molecule has 4 rings (SSSR count). The third-order valence-electron chi connectivity index (χ3n) is 5.52. The van der Waals surface area contributed by atoms with Crippen LogP contribution in [0, 0.1) is 12.8 Å². The Morgan fingerprint density at radius 2 is 1.97 bits per heavy atom. The Labute approximate surface area is 195 Å². The molecule has 0 aromatic heterocycles. The van der Waals surface area contributed by atoms with Gasteiger partial charge in [-0.15, -0.1) is 0 Å². The highest BCUT2D eigenvalue weighted by atomic mass is 79.9. The number of anilines is 2. The number of carbonyl (C=O) groups excluding carboxylic acids is 2. The van der Waals surface area contributed by atoms with Crippen molar-refractivity contribution >= 4 is 60.6 Å². The van der Waals surface area contributed by atoms with Crippen LogP contribution in [-0.4, -0.2) is 32.5 Å². The molecule has 2 aromatic rings. The van der Waals surface area contributed by atoms with E-state index in [1.807, 2.05) is 19.1 Å². The molecule has 0 saturated heterocycles. The number of rotatable bonds is 6. The second kappa shape index (κ2) is 8.56. The second-order valence-corrected chi connectivity index (χ2v) is 11.4. The first kappa shape index (κ1) is 22.3. The van der Waals surface area contributed by atoms with Crippen LogP contribution in [0.5, 0.6) is 0 Å². The molecule has 0 atom stereocenters. The first-order chi connectivity index (χ1) is 14.7. The highest BCUT2D eigenvalue weighted by Crippen LogP contribution is 2.41. The maximum Gasteiger partial charge on any atom is 0.230 e. The van der Waals surface area contributed by atoms with Gasteiger partial charge in [0, 0.05) is 23.4 Å². The van der Waals surface area contributed by atoms with E-state index < -0.39 is 15.7 Å². The monoisotopic (exact) mass is 524 g/mol. The summed E-state index contributed by atoms with van der Waals surface area (Å²) in [6, 6.07) is 8.62. The highest BCUT2D eigenvalue weighted by Gasteiger charge is 2.39. The predicted molar refractivity (Wildman–Crippen MR) is 124 cm³/mol. The van der Waals surface area contributed by atoms with Crippen LogP contribution >= 0.6 is 27.5 Å². The molecule has 2 amide bonds. The van der Waals surface area contributed by atoms with Gasteiger partial charge in [-0.25, -0.2) is 8.42 Å². The smallest absolute Gasteiger partial charge is 0.230 e. The van der Waals surface area contributed by atoms with Gasteiger partial charge in [-0.3, -0.25) is 9.59 Å². The van der Waals surface area contributed by atoms with Gasteiger partial charge in [-0.2, -0.15) is 0 Å². The molecule has 0 unspecified atom stereocenters. The third kappa shape index (κ3) is 4.81. The number of nitrogens with one attached hydrogen (secondary N) is 1. The van der Waals surface area contributed by atoms with Crippen molar-refractivity contribution in [2.75, 3.05) is 22.5 Å². The lowest BCUT2D eigenvalue weighted by Crippen LogP contribution is -2.31. The topological polar surface area (TPSA) is 83.6 Å². The molecule has 2 aliphatic rings. The highest BCUT2D eigenvalue weighted by molar-refractivity contribution is 9.10. The molecule has 6 nitrogen and oxygen atoms in total. The van der Waals surface area contributed by atoms with Crippen molar-refractivity contribution in [3.05, 3.63) is 51.0 Å². The lowest BCUT2D eigenvalue weighted by Gasteiger charge is -2.20. The zero-order chi connectivity index (χ0) is 22.3. The van der Waals surface area contributed by atoms with E-state index in [1.54, 1.807) is 17.0 Å². The summed E-state index contributed by atoms with van der Waals surface area (Å²) in [5.74, 6) is -0.817. The van der Waals surface area contributed by atoms with E-state index in [4.69, 9.17) is 11.6 Å². The van der Waals surface area contributed by atoms with Gasteiger partial charge in [0.05, 0.1) is 27.0 Å². The van der Waals surface area contributed by atoms with Crippen LogP contribution in [0.4, 0.5) is 11.4 Å². The van der Waals surface area contributed by atoms with Crippen LogP contribution in [0.15, 0.2) is 39.7 Å². The van der Waals surface area contributed by atoms with Crippen LogP contribution in [-0.2, 0) is 25.8 Å². The van der Waals surface area contributed by atoms with Crippen LogP contribution in [0.3, 0.4) is 0 Å². The van der Waals surface area contributed by atoms with Gasteiger partial charge < -0.3 is 10.2 Å². The van der Waals surface area contributed by atoms with Gasteiger partial charge >= 0.3 is 0 Å². The minimum absolute atomic E-state index is 0.00446. The lowest BCUT2D eigenvalue weighted by molar-refractivity contribution is -0.119. The SMILES string of the molecule is Cc1ccc(NC(=O)CCS(=O)(=O)c2cc(Br)cc3c2N(C(=O)C2CC2)CC3)c(Cl)c1. The van der Waals surface area contributed by atoms with E-state index in [1.165, 1.54) is 6.07 Å². The van der Waals surface area contributed by atoms with Crippen molar-refractivity contribution in [1.82, 2.24) is 0 Å². The van der Waals surface area contributed by atoms with Gasteiger partial charge in [0.25, 0.3) is 0 Å². The third-order valence-corrected chi connectivity index (χ3v) is 8.01. The summed E-state index contributed by atoms with van der Waals surface area (Å²) >= 11 is 9.52. The van der Waals surface area contributed by atoms with Crippen molar-refractivity contribution in [3.8, 4) is 0 Å². The van der Waals surface area contributed by atoms with Crippen molar-refractivity contribution in [3.63, 3.8) is 0 Å².